The van der Waals surface area contributed by atoms with Crippen molar-refractivity contribution in [3.63, 3.8) is 0 Å². The fourth-order valence-electron chi connectivity index (χ4n) is 1.40. The number of ether oxygens (including phenoxy) is 1. The van der Waals surface area contributed by atoms with Crippen molar-refractivity contribution in [3.8, 4) is 0 Å². The monoisotopic (exact) mass is 254 g/mol. The number of carbonyl (C=O) groups is 2. The topological polar surface area (TPSA) is 67.4 Å². The quantitative estimate of drug-likeness (QED) is 0.812. The summed E-state index contributed by atoms with van der Waals surface area (Å²) in [6, 6.07) is 0.101. The van der Waals surface area contributed by atoms with Gasteiger partial charge in [0.2, 0.25) is 0 Å². The zero-order valence-corrected chi connectivity index (χ0v) is 10.5. The molecule has 1 heterocycles. The average Bonchev–Trinajstić information content (AvgIpc) is 3.04. The second-order valence-corrected chi connectivity index (χ2v) is 4.85. The number of anilines is 1. The van der Waals surface area contributed by atoms with Crippen LogP contribution in [0, 0.1) is 6.92 Å². The second-order valence-electron chi connectivity index (χ2n) is 3.97. The molecule has 2 N–H and O–H groups in total. The van der Waals surface area contributed by atoms with Gasteiger partial charge in [0, 0.05) is 11.4 Å². The van der Waals surface area contributed by atoms with Gasteiger partial charge in [-0.1, -0.05) is 0 Å². The second kappa shape index (κ2) is 4.75. The molecule has 1 aromatic heterocycles. The van der Waals surface area contributed by atoms with Gasteiger partial charge in [0.1, 0.15) is 5.00 Å². The van der Waals surface area contributed by atoms with E-state index in [1.54, 1.807) is 12.3 Å². The molecule has 17 heavy (non-hydrogen) atoms. The molecule has 2 amide bonds. The lowest BCUT2D eigenvalue weighted by Crippen LogP contribution is -2.30. The van der Waals surface area contributed by atoms with E-state index in [0.29, 0.717) is 16.6 Å². The maximum absolute atomic E-state index is 11.5. The third-order valence-electron chi connectivity index (χ3n) is 2.58. The summed E-state index contributed by atoms with van der Waals surface area (Å²) < 4.78 is 4.65. The lowest BCUT2D eigenvalue weighted by Gasteiger charge is -2.05. The highest BCUT2D eigenvalue weighted by molar-refractivity contribution is 7.14. The first-order valence-corrected chi connectivity index (χ1v) is 6.23. The van der Waals surface area contributed by atoms with Gasteiger partial charge in [0.25, 0.3) is 0 Å². The van der Waals surface area contributed by atoms with Crippen LogP contribution in [0.15, 0.2) is 5.38 Å². The van der Waals surface area contributed by atoms with Crippen molar-refractivity contribution in [3.05, 3.63) is 16.5 Å². The van der Waals surface area contributed by atoms with Crippen molar-refractivity contribution in [1.82, 2.24) is 5.32 Å². The highest BCUT2D eigenvalue weighted by atomic mass is 32.1. The molecule has 0 spiro atoms. The van der Waals surface area contributed by atoms with E-state index in [1.165, 1.54) is 18.4 Å². The van der Waals surface area contributed by atoms with E-state index < -0.39 is 0 Å². The van der Waals surface area contributed by atoms with Crippen molar-refractivity contribution >= 4 is 28.3 Å². The number of esters is 1. The minimum atomic E-state index is -0.380. The number of nitrogens with one attached hydrogen (secondary N) is 2. The summed E-state index contributed by atoms with van der Waals surface area (Å²) in [6.45, 7) is 1.79. The Hall–Kier alpha value is -1.56. The number of carbonyl (C=O) groups excluding carboxylic acids is 2. The van der Waals surface area contributed by atoms with E-state index in [4.69, 9.17) is 0 Å². The third kappa shape index (κ3) is 2.76. The zero-order chi connectivity index (χ0) is 12.4. The van der Waals surface area contributed by atoms with Crippen LogP contribution < -0.4 is 10.6 Å². The van der Waals surface area contributed by atoms with Gasteiger partial charge in [-0.15, -0.1) is 11.3 Å². The minimum Gasteiger partial charge on any atom is -0.465 e. The van der Waals surface area contributed by atoms with Crippen molar-refractivity contribution in [1.29, 1.82) is 0 Å². The molecule has 0 aromatic carbocycles. The molecule has 1 fully saturated rings. The molecule has 0 aliphatic heterocycles. The van der Waals surface area contributed by atoms with Gasteiger partial charge >= 0.3 is 12.0 Å². The average molecular weight is 254 g/mol. The standard InChI is InChI=1S/C11H14N2O3S/c1-6-8(10(14)16-2)5-17-9(6)13-11(15)12-7-3-4-7/h5,7H,3-4H2,1-2H3,(H2,12,13,15). The zero-order valence-electron chi connectivity index (χ0n) is 9.70. The summed E-state index contributed by atoms with van der Waals surface area (Å²) in [5.41, 5.74) is 1.24. The number of rotatable bonds is 3. The molecule has 0 atom stereocenters. The van der Waals surface area contributed by atoms with Crippen molar-refractivity contribution in [2.75, 3.05) is 12.4 Å². The van der Waals surface area contributed by atoms with E-state index in [2.05, 4.69) is 15.4 Å². The van der Waals surface area contributed by atoms with Gasteiger partial charge in [0.05, 0.1) is 12.7 Å². The Balaban J connectivity index is 2.03. The summed E-state index contributed by atoms with van der Waals surface area (Å²) in [7, 11) is 1.34. The van der Waals surface area contributed by atoms with Gasteiger partial charge in [-0.25, -0.2) is 9.59 Å². The number of urea groups is 1. The van der Waals surface area contributed by atoms with Crippen LogP contribution in [0.5, 0.6) is 0 Å². The van der Waals surface area contributed by atoms with Gasteiger partial charge in [-0.3, -0.25) is 5.32 Å². The van der Waals surface area contributed by atoms with E-state index in [-0.39, 0.29) is 12.0 Å². The number of hydrogen-bond donors (Lipinski definition) is 2. The van der Waals surface area contributed by atoms with Crippen LogP contribution in [0.1, 0.15) is 28.8 Å². The maximum atomic E-state index is 11.5. The molecule has 2 rings (SSSR count). The number of thiophene rings is 1. The van der Waals surface area contributed by atoms with Gasteiger partial charge in [-0.2, -0.15) is 0 Å². The first-order valence-electron chi connectivity index (χ1n) is 5.35. The predicted molar refractivity (Wildman–Crippen MR) is 65.6 cm³/mol. The molecule has 6 heteroatoms. The molecule has 1 aliphatic carbocycles. The fraction of sp³-hybridized carbons (Fsp3) is 0.455. The van der Waals surface area contributed by atoms with Crippen molar-refractivity contribution in [2.24, 2.45) is 0 Å². The minimum absolute atomic E-state index is 0.214. The highest BCUT2D eigenvalue weighted by Gasteiger charge is 2.24. The first kappa shape index (κ1) is 11.9. The van der Waals surface area contributed by atoms with Crippen LogP contribution in [-0.2, 0) is 4.74 Å². The lowest BCUT2D eigenvalue weighted by molar-refractivity contribution is 0.0600. The summed E-state index contributed by atoms with van der Waals surface area (Å²) in [5.74, 6) is -0.380. The SMILES string of the molecule is COC(=O)c1csc(NC(=O)NC2CC2)c1C. The molecule has 92 valence electrons. The van der Waals surface area contributed by atoms with Crippen LogP contribution in [0.25, 0.3) is 0 Å². The summed E-state index contributed by atoms with van der Waals surface area (Å²) >= 11 is 1.32. The molecule has 0 bridgehead atoms. The Morgan fingerprint density at radius 3 is 2.76 bits per heavy atom. The number of amides is 2. The molecular weight excluding hydrogens is 240 g/mol. The molecule has 0 saturated heterocycles. The van der Waals surface area contributed by atoms with Gasteiger partial charge in [-0.05, 0) is 25.3 Å². The molecular formula is C11H14N2O3S. The largest absolute Gasteiger partial charge is 0.465 e. The molecule has 1 saturated carbocycles. The number of methoxy groups -OCH3 is 1. The normalized spacial score (nSPS) is 14.2. The smallest absolute Gasteiger partial charge is 0.339 e. The van der Waals surface area contributed by atoms with Gasteiger partial charge < -0.3 is 10.1 Å². The Morgan fingerprint density at radius 2 is 2.18 bits per heavy atom. The van der Waals surface area contributed by atoms with Gasteiger partial charge in [0.15, 0.2) is 0 Å². The van der Waals surface area contributed by atoms with Crippen molar-refractivity contribution < 1.29 is 14.3 Å². The van der Waals surface area contributed by atoms with Crippen LogP contribution in [-0.4, -0.2) is 25.2 Å². The Bertz CT molecular complexity index is 452. The molecule has 0 unspecified atom stereocenters. The number of hydrogen-bond acceptors (Lipinski definition) is 4. The summed E-state index contributed by atoms with van der Waals surface area (Å²) in [6.07, 6.45) is 2.09. The summed E-state index contributed by atoms with van der Waals surface area (Å²) in [4.78, 5) is 22.9. The first-order chi connectivity index (χ1) is 8.11. The van der Waals surface area contributed by atoms with E-state index in [0.717, 1.165) is 18.4 Å². The predicted octanol–water partition coefficient (Wildman–Crippen LogP) is 2.13. The van der Waals surface area contributed by atoms with Crippen molar-refractivity contribution in [2.45, 2.75) is 25.8 Å². The Morgan fingerprint density at radius 1 is 1.47 bits per heavy atom. The molecule has 1 aromatic rings. The fourth-order valence-corrected chi connectivity index (χ4v) is 2.35. The van der Waals surface area contributed by atoms with E-state index in [1.807, 2.05) is 0 Å². The van der Waals surface area contributed by atoms with Crippen LogP contribution in [0.3, 0.4) is 0 Å². The van der Waals surface area contributed by atoms with E-state index in [9.17, 15) is 9.59 Å². The maximum Gasteiger partial charge on any atom is 0.339 e. The molecule has 0 radical (unpaired) electrons. The molecule has 1 aliphatic rings. The van der Waals surface area contributed by atoms with Crippen LogP contribution in [0.4, 0.5) is 9.80 Å². The molecule has 5 nitrogen and oxygen atoms in total. The highest BCUT2D eigenvalue weighted by Crippen LogP contribution is 2.28. The van der Waals surface area contributed by atoms with E-state index >= 15 is 0 Å². The Kier molecular flexibility index (Phi) is 3.33. The lowest BCUT2D eigenvalue weighted by atomic mass is 10.2. The summed E-state index contributed by atoms with van der Waals surface area (Å²) in [5, 5.41) is 7.94. The van der Waals surface area contributed by atoms with Crippen LogP contribution in [0.2, 0.25) is 0 Å². The Labute approximate surface area is 103 Å². The van der Waals surface area contributed by atoms with Crippen LogP contribution >= 0.6 is 11.3 Å². The third-order valence-corrected chi connectivity index (χ3v) is 3.58.